The van der Waals surface area contributed by atoms with Gasteiger partial charge in [0.05, 0.1) is 16.7 Å². The van der Waals surface area contributed by atoms with E-state index in [1.807, 2.05) is 56.3 Å². The average Bonchev–Trinajstić information content (AvgIpc) is 3.16. The molecule has 4 aromatic rings. The monoisotopic (exact) mass is 378 g/mol. The zero-order chi connectivity index (χ0) is 18.8. The number of hydrogen-bond donors (Lipinski definition) is 0. The second kappa shape index (κ2) is 7.36. The average molecular weight is 378 g/mol. The van der Waals surface area contributed by atoms with E-state index in [0.717, 1.165) is 5.56 Å². The summed E-state index contributed by atoms with van der Waals surface area (Å²) in [5.74, 6) is 1.51. The molecule has 0 saturated carbocycles. The third kappa shape index (κ3) is 3.50. The van der Waals surface area contributed by atoms with E-state index < -0.39 is 0 Å². The predicted molar refractivity (Wildman–Crippen MR) is 106 cm³/mol. The van der Waals surface area contributed by atoms with Crippen LogP contribution in [0.4, 0.5) is 0 Å². The molecule has 2 aromatic carbocycles. The van der Waals surface area contributed by atoms with Crippen molar-refractivity contribution in [1.29, 1.82) is 0 Å². The highest BCUT2D eigenvalue weighted by atomic mass is 32.2. The van der Waals surface area contributed by atoms with Gasteiger partial charge >= 0.3 is 0 Å². The van der Waals surface area contributed by atoms with Crippen molar-refractivity contribution in [3.05, 3.63) is 70.3 Å². The first-order valence-electron chi connectivity index (χ1n) is 8.67. The summed E-state index contributed by atoms with van der Waals surface area (Å²) in [4.78, 5) is 21.8. The van der Waals surface area contributed by atoms with Crippen molar-refractivity contribution in [1.82, 2.24) is 19.7 Å². The van der Waals surface area contributed by atoms with Crippen LogP contribution in [0.5, 0.6) is 0 Å². The van der Waals surface area contributed by atoms with Crippen molar-refractivity contribution in [2.75, 3.05) is 0 Å². The lowest BCUT2D eigenvalue weighted by Gasteiger charge is -2.10. The van der Waals surface area contributed by atoms with Gasteiger partial charge in [-0.2, -0.15) is 4.98 Å². The van der Waals surface area contributed by atoms with Crippen LogP contribution >= 0.6 is 11.8 Å². The highest BCUT2D eigenvalue weighted by molar-refractivity contribution is 7.98. The van der Waals surface area contributed by atoms with E-state index in [1.165, 1.54) is 17.3 Å². The fraction of sp³-hybridized carbons (Fsp3) is 0.200. The second-order valence-corrected chi connectivity index (χ2v) is 7.07. The summed E-state index contributed by atoms with van der Waals surface area (Å²) in [6, 6.07) is 15.3. The zero-order valence-electron chi connectivity index (χ0n) is 15.0. The molecule has 0 saturated heterocycles. The van der Waals surface area contributed by atoms with Crippen LogP contribution in [0.3, 0.4) is 0 Å². The van der Waals surface area contributed by atoms with Crippen LogP contribution < -0.4 is 5.56 Å². The Morgan fingerprint density at radius 1 is 1.07 bits per heavy atom. The molecule has 0 fully saturated rings. The minimum absolute atomic E-state index is 0.0310. The Balaban J connectivity index is 1.59. The van der Waals surface area contributed by atoms with Gasteiger partial charge in [-0.15, -0.1) is 0 Å². The minimum Gasteiger partial charge on any atom is -0.338 e. The van der Waals surface area contributed by atoms with E-state index in [4.69, 9.17) is 4.52 Å². The molecule has 0 atom stereocenters. The van der Waals surface area contributed by atoms with Crippen LogP contribution in [0, 0.1) is 6.92 Å². The van der Waals surface area contributed by atoms with Gasteiger partial charge in [-0.05, 0) is 26.0 Å². The van der Waals surface area contributed by atoms with Gasteiger partial charge in [-0.25, -0.2) is 4.98 Å². The quantitative estimate of drug-likeness (QED) is 0.385. The fourth-order valence-electron chi connectivity index (χ4n) is 2.80. The molecule has 0 aliphatic carbocycles. The maximum Gasteiger partial charge on any atom is 0.262 e. The number of para-hydroxylation sites is 1. The molecule has 0 amide bonds. The lowest BCUT2D eigenvalue weighted by Crippen LogP contribution is -2.22. The summed E-state index contributed by atoms with van der Waals surface area (Å²) in [7, 11) is 0. The SMILES string of the molecule is CCn1c(SCc2nc(-c3ccc(C)cc3)no2)nc2ccccc2c1=O. The first-order valence-corrected chi connectivity index (χ1v) is 9.66. The summed E-state index contributed by atoms with van der Waals surface area (Å²) in [5.41, 5.74) is 2.75. The molecule has 4 rings (SSSR count). The number of aromatic nitrogens is 4. The second-order valence-electron chi connectivity index (χ2n) is 6.13. The molecule has 27 heavy (non-hydrogen) atoms. The molecule has 0 N–H and O–H groups in total. The van der Waals surface area contributed by atoms with Crippen LogP contribution in [0.15, 0.2) is 63.0 Å². The van der Waals surface area contributed by atoms with Crippen molar-refractivity contribution in [3.63, 3.8) is 0 Å². The Morgan fingerprint density at radius 3 is 2.63 bits per heavy atom. The van der Waals surface area contributed by atoms with Crippen molar-refractivity contribution in [3.8, 4) is 11.4 Å². The third-order valence-corrected chi connectivity index (χ3v) is 5.21. The smallest absolute Gasteiger partial charge is 0.262 e. The Kier molecular flexibility index (Phi) is 4.77. The van der Waals surface area contributed by atoms with E-state index in [1.54, 1.807) is 10.6 Å². The van der Waals surface area contributed by atoms with Gasteiger partial charge in [0, 0.05) is 12.1 Å². The van der Waals surface area contributed by atoms with Crippen LogP contribution in [0.1, 0.15) is 18.4 Å². The van der Waals surface area contributed by atoms with Crippen molar-refractivity contribution < 1.29 is 4.52 Å². The van der Waals surface area contributed by atoms with Gasteiger partial charge in [0.25, 0.3) is 5.56 Å². The molecule has 0 aliphatic rings. The van der Waals surface area contributed by atoms with E-state index >= 15 is 0 Å². The maximum atomic E-state index is 12.7. The Labute approximate surface area is 160 Å². The molecule has 0 aliphatic heterocycles. The number of nitrogens with zero attached hydrogens (tertiary/aromatic N) is 4. The molecule has 6 nitrogen and oxygen atoms in total. The molecule has 2 aromatic heterocycles. The summed E-state index contributed by atoms with van der Waals surface area (Å²) in [6.07, 6.45) is 0. The van der Waals surface area contributed by atoms with Gasteiger partial charge in [-0.1, -0.05) is 58.9 Å². The van der Waals surface area contributed by atoms with E-state index in [-0.39, 0.29) is 5.56 Å². The van der Waals surface area contributed by atoms with E-state index in [0.29, 0.717) is 40.1 Å². The zero-order valence-corrected chi connectivity index (χ0v) is 15.9. The summed E-state index contributed by atoms with van der Waals surface area (Å²) in [6.45, 7) is 4.52. The van der Waals surface area contributed by atoms with E-state index in [9.17, 15) is 4.79 Å². The Hall–Kier alpha value is -2.93. The van der Waals surface area contributed by atoms with Gasteiger partial charge in [0.15, 0.2) is 5.16 Å². The molecule has 0 radical (unpaired) electrons. The van der Waals surface area contributed by atoms with Crippen LogP contribution in [-0.4, -0.2) is 19.7 Å². The standard InChI is InChI=1S/C20H18N4O2S/c1-3-24-19(25)15-6-4-5-7-16(15)21-20(24)27-12-17-22-18(23-26-17)14-10-8-13(2)9-11-14/h4-11H,3,12H2,1-2H3. The minimum atomic E-state index is -0.0310. The highest BCUT2D eigenvalue weighted by Crippen LogP contribution is 2.23. The predicted octanol–water partition coefficient (Wildman–Crippen LogP) is 4.07. The lowest BCUT2D eigenvalue weighted by atomic mass is 10.1. The number of fused-ring (bicyclic) bond motifs is 1. The largest absolute Gasteiger partial charge is 0.338 e. The van der Waals surface area contributed by atoms with Gasteiger partial charge in [0.1, 0.15) is 0 Å². The molecular formula is C20H18N4O2S. The molecule has 7 heteroatoms. The van der Waals surface area contributed by atoms with E-state index in [2.05, 4.69) is 15.1 Å². The number of hydrogen-bond acceptors (Lipinski definition) is 6. The normalized spacial score (nSPS) is 11.2. The van der Waals surface area contributed by atoms with Crippen molar-refractivity contribution in [2.45, 2.75) is 31.3 Å². The lowest BCUT2D eigenvalue weighted by molar-refractivity contribution is 0.391. The van der Waals surface area contributed by atoms with Gasteiger partial charge in [-0.3, -0.25) is 9.36 Å². The molecular weight excluding hydrogens is 360 g/mol. The van der Waals surface area contributed by atoms with Gasteiger partial charge in [0.2, 0.25) is 11.7 Å². The number of benzene rings is 2. The number of aryl methyl sites for hydroxylation is 1. The van der Waals surface area contributed by atoms with Crippen LogP contribution in [0.2, 0.25) is 0 Å². The third-order valence-electron chi connectivity index (χ3n) is 4.25. The molecule has 0 bridgehead atoms. The molecule has 2 heterocycles. The summed E-state index contributed by atoms with van der Waals surface area (Å²) < 4.78 is 7.04. The number of thioether (sulfide) groups is 1. The van der Waals surface area contributed by atoms with Crippen molar-refractivity contribution in [2.24, 2.45) is 0 Å². The molecule has 136 valence electrons. The Bertz CT molecular complexity index is 1150. The molecule has 0 spiro atoms. The highest BCUT2D eigenvalue weighted by Gasteiger charge is 2.13. The number of rotatable bonds is 5. The van der Waals surface area contributed by atoms with Gasteiger partial charge < -0.3 is 4.52 Å². The van der Waals surface area contributed by atoms with Crippen LogP contribution in [0.25, 0.3) is 22.3 Å². The summed E-state index contributed by atoms with van der Waals surface area (Å²) in [5, 5.41) is 5.33. The first kappa shape index (κ1) is 17.5. The maximum absolute atomic E-state index is 12.7. The van der Waals surface area contributed by atoms with Crippen molar-refractivity contribution >= 4 is 22.7 Å². The topological polar surface area (TPSA) is 73.8 Å². The summed E-state index contributed by atoms with van der Waals surface area (Å²) >= 11 is 1.42. The Morgan fingerprint density at radius 2 is 1.85 bits per heavy atom. The molecule has 0 unspecified atom stereocenters. The van der Waals surface area contributed by atoms with Crippen LogP contribution in [-0.2, 0) is 12.3 Å². The first-order chi connectivity index (χ1) is 13.2. The fourth-order valence-corrected chi connectivity index (χ4v) is 3.70.